The predicted octanol–water partition coefficient (Wildman–Crippen LogP) is 4.94. The molecule has 3 fully saturated rings. The van der Waals surface area contributed by atoms with Crippen LogP contribution in [0.5, 0.6) is 0 Å². The second-order valence-corrected chi connectivity index (χ2v) is 9.81. The van der Waals surface area contributed by atoms with Gasteiger partial charge in [0.05, 0.1) is 6.61 Å². The zero-order chi connectivity index (χ0) is 18.5. The highest BCUT2D eigenvalue weighted by atomic mass is 16.5. The van der Waals surface area contributed by atoms with Gasteiger partial charge in [-0.1, -0.05) is 19.4 Å². The van der Waals surface area contributed by atoms with Gasteiger partial charge in [-0.25, -0.2) is 0 Å². The number of esters is 1. The quantitative estimate of drug-likeness (QED) is 0.671. The third-order valence-corrected chi connectivity index (χ3v) is 8.61. The van der Waals surface area contributed by atoms with Gasteiger partial charge < -0.3 is 4.74 Å². The highest BCUT2D eigenvalue weighted by molar-refractivity contribution is 5.91. The van der Waals surface area contributed by atoms with Crippen molar-refractivity contribution in [1.29, 1.82) is 0 Å². The van der Waals surface area contributed by atoms with Gasteiger partial charge >= 0.3 is 5.97 Å². The van der Waals surface area contributed by atoms with E-state index in [4.69, 9.17) is 4.74 Å². The smallest absolute Gasteiger partial charge is 0.302 e. The first kappa shape index (κ1) is 18.3. The summed E-state index contributed by atoms with van der Waals surface area (Å²) in [5.74, 6) is 4.71. The molecule has 4 aliphatic carbocycles. The van der Waals surface area contributed by atoms with E-state index in [1.54, 1.807) is 0 Å². The normalized spacial score (nSPS) is 44.6. The Morgan fingerprint density at radius 1 is 1.27 bits per heavy atom. The molecule has 0 aromatic heterocycles. The maximum Gasteiger partial charge on any atom is 0.302 e. The molecule has 0 bridgehead atoms. The third kappa shape index (κ3) is 2.96. The minimum atomic E-state index is -0.152. The first-order valence-corrected chi connectivity index (χ1v) is 10.8. The Morgan fingerprint density at radius 3 is 2.85 bits per heavy atom. The fourth-order valence-corrected chi connectivity index (χ4v) is 7.52. The Hall–Kier alpha value is -1.12. The molecule has 0 amide bonds. The third-order valence-electron chi connectivity index (χ3n) is 8.61. The molecule has 0 saturated heterocycles. The van der Waals surface area contributed by atoms with Gasteiger partial charge in [-0.15, -0.1) is 0 Å². The summed E-state index contributed by atoms with van der Waals surface area (Å²) in [4.78, 5) is 23.0. The van der Waals surface area contributed by atoms with Gasteiger partial charge in [-0.05, 0) is 91.9 Å². The van der Waals surface area contributed by atoms with Crippen LogP contribution in [0, 0.1) is 40.9 Å². The van der Waals surface area contributed by atoms with Gasteiger partial charge in [0.2, 0.25) is 0 Å². The Balaban J connectivity index is 1.52. The Kier molecular flexibility index (Phi) is 4.77. The van der Waals surface area contributed by atoms with Crippen molar-refractivity contribution < 1.29 is 14.3 Å². The van der Waals surface area contributed by atoms with Crippen molar-refractivity contribution in [3.63, 3.8) is 0 Å². The summed E-state index contributed by atoms with van der Waals surface area (Å²) >= 11 is 0. The molecule has 26 heavy (non-hydrogen) atoms. The Morgan fingerprint density at radius 2 is 2.08 bits per heavy atom. The average molecular weight is 359 g/mol. The maximum absolute atomic E-state index is 11.9. The molecule has 0 aromatic carbocycles. The fourth-order valence-electron chi connectivity index (χ4n) is 7.52. The summed E-state index contributed by atoms with van der Waals surface area (Å²) in [6.07, 6.45) is 11.3. The summed E-state index contributed by atoms with van der Waals surface area (Å²) in [6.45, 7) is 7.06. The first-order chi connectivity index (χ1) is 12.4. The maximum atomic E-state index is 11.9. The van der Waals surface area contributed by atoms with Crippen LogP contribution in [0.3, 0.4) is 0 Å². The van der Waals surface area contributed by atoms with Crippen LogP contribution in [-0.4, -0.2) is 18.4 Å². The molecular weight excluding hydrogens is 324 g/mol. The molecule has 4 aliphatic rings. The van der Waals surface area contributed by atoms with E-state index in [1.165, 1.54) is 38.2 Å². The lowest BCUT2D eigenvalue weighted by Gasteiger charge is -2.56. The lowest BCUT2D eigenvalue weighted by atomic mass is 9.49. The molecule has 3 saturated carbocycles. The molecule has 0 spiro atoms. The van der Waals surface area contributed by atoms with Crippen molar-refractivity contribution in [3.8, 4) is 0 Å². The Bertz CT molecular complexity index is 621. The molecule has 0 heterocycles. The number of carbonyl (C=O) groups is 2. The van der Waals surface area contributed by atoms with E-state index in [2.05, 4.69) is 13.8 Å². The van der Waals surface area contributed by atoms with Crippen LogP contribution in [0.4, 0.5) is 0 Å². The van der Waals surface area contributed by atoms with E-state index in [1.807, 2.05) is 6.08 Å². The minimum absolute atomic E-state index is 0.152. The van der Waals surface area contributed by atoms with Crippen molar-refractivity contribution in [2.75, 3.05) is 6.61 Å². The van der Waals surface area contributed by atoms with Crippen LogP contribution in [0.2, 0.25) is 0 Å². The van der Waals surface area contributed by atoms with Gasteiger partial charge in [0, 0.05) is 13.3 Å². The van der Waals surface area contributed by atoms with Crippen LogP contribution in [-0.2, 0) is 14.3 Å². The van der Waals surface area contributed by atoms with Gasteiger partial charge in [0.15, 0.2) is 5.78 Å². The molecular formula is C23H34O3. The van der Waals surface area contributed by atoms with Crippen molar-refractivity contribution in [2.24, 2.45) is 40.9 Å². The number of fused-ring (bicyclic) bond motifs is 5. The molecule has 0 N–H and O–H groups in total. The van der Waals surface area contributed by atoms with E-state index in [-0.39, 0.29) is 5.97 Å². The lowest BCUT2D eigenvalue weighted by Crippen LogP contribution is -2.49. The van der Waals surface area contributed by atoms with E-state index in [9.17, 15) is 9.59 Å². The molecule has 5 unspecified atom stereocenters. The topological polar surface area (TPSA) is 43.4 Å². The van der Waals surface area contributed by atoms with E-state index >= 15 is 0 Å². The Labute approximate surface area is 157 Å². The first-order valence-electron chi connectivity index (χ1n) is 10.8. The summed E-state index contributed by atoms with van der Waals surface area (Å²) in [6, 6.07) is 0. The molecule has 0 aliphatic heterocycles. The summed E-state index contributed by atoms with van der Waals surface area (Å²) in [5, 5.41) is 0. The zero-order valence-electron chi connectivity index (χ0n) is 16.6. The molecule has 0 radical (unpaired) electrons. The number of ether oxygens (including phenoxy) is 1. The zero-order valence-corrected chi connectivity index (χ0v) is 16.6. The number of rotatable bonds is 3. The molecule has 3 heteroatoms. The van der Waals surface area contributed by atoms with Crippen molar-refractivity contribution in [1.82, 2.24) is 0 Å². The van der Waals surface area contributed by atoms with Crippen LogP contribution < -0.4 is 0 Å². The second-order valence-electron chi connectivity index (χ2n) is 9.81. The molecule has 3 nitrogen and oxygen atoms in total. The second kappa shape index (κ2) is 6.80. The number of carbonyl (C=O) groups excluding carboxylic acids is 2. The van der Waals surface area contributed by atoms with Gasteiger partial charge in [-0.3, -0.25) is 9.59 Å². The highest BCUT2D eigenvalue weighted by Crippen LogP contribution is 2.65. The summed E-state index contributed by atoms with van der Waals surface area (Å²) in [5.41, 5.74) is 1.89. The van der Waals surface area contributed by atoms with E-state index < -0.39 is 0 Å². The number of hydrogen-bond donors (Lipinski definition) is 0. The highest BCUT2D eigenvalue weighted by Gasteiger charge is 2.57. The standard InChI is InChI=1S/C23H34O3/c1-14-12-16-13-18(25)5-6-19(16)20-8-10-23(3)17(9-11-26-15(2)24)4-7-21(23)22(14)20/h13-14,17,19-22H,4-12H2,1-3H3/t14-,17-,19?,20?,21?,22?,23?/m1/s1. The minimum Gasteiger partial charge on any atom is -0.466 e. The van der Waals surface area contributed by atoms with Crippen LogP contribution in [0.25, 0.3) is 0 Å². The van der Waals surface area contributed by atoms with Crippen molar-refractivity contribution in [2.45, 2.75) is 72.1 Å². The molecule has 0 aromatic rings. The van der Waals surface area contributed by atoms with Crippen molar-refractivity contribution >= 4 is 11.8 Å². The largest absolute Gasteiger partial charge is 0.466 e. The molecule has 7 atom stereocenters. The monoisotopic (exact) mass is 358 g/mol. The van der Waals surface area contributed by atoms with E-state index in [0.29, 0.717) is 35.6 Å². The van der Waals surface area contributed by atoms with Crippen molar-refractivity contribution in [3.05, 3.63) is 11.6 Å². The lowest BCUT2D eigenvalue weighted by molar-refractivity contribution is -0.141. The number of ketones is 1. The average Bonchev–Trinajstić information content (AvgIpc) is 2.91. The van der Waals surface area contributed by atoms with Gasteiger partial charge in [0.25, 0.3) is 0 Å². The molecule has 4 rings (SSSR count). The SMILES string of the molecule is CC(=O)OCC[C@H]1CCC2C3C(CCC21C)C1CCC(=O)C=C1C[C@H]3C. The molecule has 144 valence electrons. The summed E-state index contributed by atoms with van der Waals surface area (Å²) < 4.78 is 5.26. The van der Waals surface area contributed by atoms with Gasteiger partial charge in [-0.2, -0.15) is 0 Å². The van der Waals surface area contributed by atoms with Crippen LogP contribution >= 0.6 is 0 Å². The van der Waals surface area contributed by atoms with Gasteiger partial charge in [0.1, 0.15) is 0 Å². The van der Waals surface area contributed by atoms with Crippen LogP contribution in [0.15, 0.2) is 11.6 Å². The van der Waals surface area contributed by atoms with Crippen LogP contribution in [0.1, 0.15) is 72.1 Å². The number of hydrogen-bond acceptors (Lipinski definition) is 3. The fraction of sp³-hybridized carbons (Fsp3) is 0.826. The van der Waals surface area contributed by atoms with E-state index in [0.717, 1.165) is 43.4 Å². The predicted molar refractivity (Wildman–Crippen MR) is 101 cm³/mol. The summed E-state index contributed by atoms with van der Waals surface area (Å²) in [7, 11) is 0. The number of allylic oxidation sites excluding steroid dienone is 1.